The Bertz CT molecular complexity index is 158. The van der Waals surface area contributed by atoms with E-state index >= 15 is 0 Å². The third-order valence-electron chi connectivity index (χ3n) is 2.36. The van der Waals surface area contributed by atoms with E-state index in [9.17, 15) is 0 Å². The zero-order chi connectivity index (χ0) is 13.0. The minimum Gasteiger partial charge on any atom is -0.374 e. The Kier molecular flexibility index (Phi) is 15.8. The van der Waals surface area contributed by atoms with Crippen molar-refractivity contribution in [1.82, 2.24) is 5.32 Å². The van der Waals surface area contributed by atoms with Crippen LogP contribution in [0.4, 0.5) is 0 Å². The molecule has 0 saturated carbocycles. The van der Waals surface area contributed by atoms with Crippen molar-refractivity contribution in [2.45, 2.75) is 46.6 Å². The molecule has 0 aliphatic rings. The van der Waals surface area contributed by atoms with Gasteiger partial charge in [0.1, 0.15) is 0 Å². The summed E-state index contributed by atoms with van der Waals surface area (Å²) >= 11 is 0. The second-order valence-electron chi connectivity index (χ2n) is 3.84. The van der Waals surface area contributed by atoms with Gasteiger partial charge in [0.05, 0.1) is 0 Å². The fourth-order valence-electron chi connectivity index (χ4n) is 1.73. The molecule has 0 heterocycles. The lowest BCUT2D eigenvalue weighted by Gasteiger charge is -2.28. The molecule has 0 aromatic heterocycles. The van der Waals surface area contributed by atoms with Crippen molar-refractivity contribution < 1.29 is 13.3 Å². The average molecular weight is 300 g/mol. The van der Waals surface area contributed by atoms with Crippen molar-refractivity contribution in [3.63, 3.8) is 0 Å². The van der Waals surface area contributed by atoms with Gasteiger partial charge >= 0.3 is 8.80 Å². The smallest absolute Gasteiger partial charge is 0.374 e. The number of halogens is 1. The molecule has 0 bridgehead atoms. The van der Waals surface area contributed by atoms with Gasteiger partial charge in [0.25, 0.3) is 0 Å². The van der Waals surface area contributed by atoms with Gasteiger partial charge in [-0.3, -0.25) is 0 Å². The minimum absolute atomic E-state index is 0. The highest BCUT2D eigenvalue weighted by molar-refractivity contribution is 6.60. The van der Waals surface area contributed by atoms with Crippen LogP contribution in [0.5, 0.6) is 0 Å². The van der Waals surface area contributed by atoms with E-state index in [-0.39, 0.29) is 12.4 Å². The van der Waals surface area contributed by atoms with Crippen molar-refractivity contribution in [3.8, 4) is 0 Å². The third-order valence-corrected chi connectivity index (χ3v) is 5.51. The number of rotatable bonds is 12. The molecule has 0 aromatic rings. The van der Waals surface area contributed by atoms with Crippen LogP contribution in [0.2, 0.25) is 6.04 Å². The van der Waals surface area contributed by atoms with Crippen LogP contribution in [-0.2, 0) is 13.3 Å². The summed E-state index contributed by atoms with van der Waals surface area (Å²) in [5.41, 5.74) is 0. The van der Waals surface area contributed by atoms with Gasteiger partial charge in [0.2, 0.25) is 0 Å². The maximum Gasteiger partial charge on any atom is 0.500 e. The summed E-state index contributed by atoms with van der Waals surface area (Å²) in [5, 5.41) is 3.39. The summed E-state index contributed by atoms with van der Waals surface area (Å²) in [5.74, 6) is 0. The van der Waals surface area contributed by atoms with Crippen LogP contribution in [0.15, 0.2) is 0 Å². The molecule has 0 unspecified atom stereocenters. The molecular weight excluding hydrogens is 270 g/mol. The summed E-state index contributed by atoms with van der Waals surface area (Å²) in [6, 6.07) is 0.902. The van der Waals surface area contributed by atoms with Gasteiger partial charge in [0.15, 0.2) is 0 Å². The van der Waals surface area contributed by atoms with Gasteiger partial charge in [0, 0.05) is 25.9 Å². The number of hydrogen-bond acceptors (Lipinski definition) is 4. The first-order chi connectivity index (χ1) is 8.24. The van der Waals surface area contributed by atoms with Crippen LogP contribution in [0.1, 0.15) is 40.5 Å². The van der Waals surface area contributed by atoms with Crippen LogP contribution >= 0.6 is 12.4 Å². The van der Waals surface area contributed by atoms with Crippen LogP contribution in [0.3, 0.4) is 0 Å². The fourth-order valence-corrected chi connectivity index (χ4v) is 4.35. The first kappa shape index (κ1) is 20.7. The second-order valence-corrected chi connectivity index (χ2v) is 6.57. The van der Waals surface area contributed by atoms with Crippen molar-refractivity contribution >= 4 is 21.2 Å². The lowest BCUT2D eigenvalue weighted by atomic mass is 10.4. The van der Waals surface area contributed by atoms with Crippen molar-refractivity contribution in [2.75, 3.05) is 32.9 Å². The van der Waals surface area contributed by atoms with E-state index < -0.39 is 8.80 Å². The van der Waals surface area contributed by atoms with Crippen LogP contribution in [0.25, 0.3) is 0 Å². The molecule has 4 nitrogen and oxygen atoms in total. The largest absolute Gasteiger partial charge is 0.500 e. The van der Waals surface area contributed by atoms with E-state index in [2.05, 4.69) is 12.2 Å². The maximum absolute atomic E-state index is 5.78. The highest BCUT2D eigenvalue weighted by Gasteiger charge is 2.39. The van der Waals surface area contributed by atoms with Crippen LogP contribution in [-0.4, -0.2) is 41.7 Å². The van der Waals surface area contributed by atoms with Gasteiger partial charge in [-0.25, -0.2) is 0 Å². The van der Waals surface area contributed by atoms with E-state index in [4.69, 9.17) is 13.3 Å². The Morgan fingerprint density at radius 3 is 1.72 bits per heavy atom. The average Bonchev–Trinajstić information content (AvgIpc) is 2.30. The highest BCUT2D eigenvalue weighted by Crippen LogP contribution is 2.17. The summed E-state index contributed by atoms with van der Waals surface area (Å²) in [6.07, 6.45) is 2.22. The van der Waals surface area contributed by atoms with Gasteiger partial charge < -0.3 is 18.6 Å². The van der Waals surface area contributed by atoms with E-state index in [1.54, 1.807) is 0 Å². The molecule has 0 atom stereocenters. The number of hydrogen-bond donors (Lipinski definition) is 1. The molecule has 0 rings (SSSR count). The topological polar surface area (TPSA) is 39.7 Å². The molecule has 0 saturated heterocycles. The molecule has 0 aliphatic heterocycles. The lowest BCUT2D eigenvalue weighted by molar-refractivity contribution is 0.0708. The van der Waals surface area contributed by atoms with E-state index in [1.165, 1.54) is 6.42 Å². The maximum atomic E-state index is 5.78. The molecule has 18 heavy (non-hydrogen) atoms. The van der Waals surface area contributed by atoms with Crippen LogP contribution in [0, 0.1) is 0 Å². The van der Waals surface area contributed by atoms with Gasteiger partial charge in [-0.05, 0) is 46.7 Å². The number of nitrogens with one attached hydrogen (secondary N) is 1. The minimum atomic E-state index is -2.40. The Labute approximate surface area is 120 Å². The Morgan fingerprint density at radius 1 is 0.833 bits per heavy atom. The lowest BCUT2D eigenvalue weighted by Crippen LogP contribution is -2.46. The SMILES string of the molecule is CCCNCCC[Si](OCC)(OCC)OCC.Cl. The quantitative estimate of drug-likeness (QED) is 0.444. The first-order valence-corrected chi connectivity index (χ1v) is 8.80. The van der Waals surface area contributed by atoms with E-state index in [1.807, 2.05) is 20.8 Å². The predicted molar refractivity (Wildman–Crippen MR) is 80.5 cm³/mol. The standard InChI is InChI=1S/C12H29NO3Si.ClH/c1-5-10-13-11-9-12-17(14-6-2,15-7-3)16-8-4;/h13H,5-12H2,1-4H3;1H. The second kappa shape index (κ2) is 13.8. The molecule has 112 valence electrons. The van der Waals surface area contributed by atoms with Crippen molar-refractivity contribution in [1.29, 1.82) is 0 Å². The molecule has 0 amide bonds. The molecule has 1 N–H and O–H groups in total. The monoisotopic (exact) mass is 299 g/mol. The van der Waals surface area contributed by atoms with E-state index in [0.29, 0.717) is 19.8 Å². The Hall–Kier alpha value is 0.347. The first-order valence-electron chi connectivity index (χ1n) is 6.87. The molecule has 0 radical (unpaired) electrons. The van der Waals surface area contributed by atoms with Crippen molar-refractivity contribution in [3.05, 3.63) is 0 Å². The molecule has 0 aliphatic carbocycles. The Morgan fingerprint density at radius 2 is 1.33 bits per heavy atom. The van der Waals surface area contributed by atoms with Crippen molar-refractivity contribution in [2.24, 2.45) is 0 Å². The highest BCUT2D eigenvalue weighted by atomic mass is 35.5. The van der Waals surface area contributed by atoms with Crippen LogP contribution < -0.4 is 5.32 Å². The molecular formula is C12H30ClNO3Si. The molecule has 6 heteroatoms. The van der Waals surface area contributed by atoms with Gasteiger partial charge in [-0.1, -0.05) is 6.92 Å². The summed E-state index contributed by atoms with van der Waals surface area (Å²) in [7, 11) is -2.40. The fraction of sp³-hybridized carbons (Fsp3) is 1.00. The molecule has 0 fully saturated rings. The van der Waals surface area contributed by atoms with E-state index in [0.717, 1.165) is 25.6 Å². The molecule has 0 aromatic carbocycles. The predicted octanol–water partition coefficient (Wildman–Crippen LogP) is 2.85. The summed E-state index contributed by atoms with van der Waals surface area (Å²) in [4.78, 5) is 0. The zero-order valence-electron chi connectivity index (χ0n) is 12.3. The third kappa shape index (κ3) is 9.30. The molecule has 0 spiro atoms. The Balaban J connectivity index is 0. The van der Waals surface area contributed by atoms with Gasteiger partial charge in [-0.15, -0.1) is 12.4 Å². The van der Waals surface area contributed by atoms with Gasteiger partial charge in [-0.2, -0.15) is 0 Å². The summed E-state index contributed by atoms with van der Waals surface area (Å²) < 4.78 is 17.4. The normalized spacial score (nSPS) is 11.3. The zero-order valence-corrected chi connectivity index (χ0v) is 14.1. The summed E-state index contributed by atoms with van der Waals surface area (Å²) in [6.45, 7) is 12.2.